The predicted molar refractivity (Wildman–Crippen MR) is 161 cm³/mol. The molecular weight excluding hydrogens is 552 g/mol. The first-order valence-electron chi connectivity index (χ1n) is 16.7. The fourth-order valence-corrected chi connectivity index (χ4v) is 7.76. The number of esters is 2. The highest BCUT2D eigenvalue weighted by Gasteiger charge is 2.56. The summed E-state index contributed by atoms with van der Waals surface area (Å²) in [5.41, 5.74) is 0. The van der Waals surface area contributed by atoms with Crippen molar-refractivity contribution in [1.82, 2.24) is 0 Å². The zero-order valence-corrected chi connectivity index (χ0v) is 28.2. The Morgan fingerprint density at radius 1 is 0.744 bits per heavy atom. The lowest BCUT2D eigenvalue weighted by molar-refractivity contribution is -0.190. The van der Waals surface area contributed by atoms with Crippen LogP contribution >= 0.6 is 0 Å². The minimum absolute atomic E-state index is 0.183. The van der Waals surface area contributed by atoms with Gasteiger partial charge in [0.15, 0.2) is 17.5 Å². The van der Waals surface area contributed by atoms with Gasteiger partial charge in [0, 0.05) is 0 Å². The molecule has 4 aliphatic rings. The monoisotopic (exact) mass is 610 g/mol. The summed E-state index contributed by atoms with van der Waals surface area (Å²) in [6, 6.07) is 0. The second-order valence-corrected chi connectivity index (χ2v) is 15.5. The van der Waals surface area contributed by atoms with Gasteiger partial charge in [-0.1, -0.05) is 54.4 Å². The zero-order valence-electron chi connectivity index (χ0n) is 28.2. The maximum atomic E-state index is 14.1. The van der Waals surface area contributed by atoms with E-state index in [9.17, 15) is 14.7 Å². The summed E-state index contributed by atoms with van der Waals surface area (Å²) in [5, 5.41) is 12.0. The highest BCUT2D eigenvalue weighted by Crippen LogP contribution is 2.41. The van der Waals surface area contributed by atoms with Gasteiger partial charge in [-0.3, -0.25) is 9.59 Å². The molecule has 248 valence electrons. The highest BCUT2D eigenvalue weighted by atomic mass is 16.8. The Kier molecular flexibility index (Phi) is 11.0. The van der Waals surface area contributed by atoms with Crippen molar-refractivity contribution >= 4 is 11.9 Å². The molecule has 4 rings (SSSR count). The van der Waals surface area contributed by atoms with Crippen LogP contribution in [0.5, 0.6) is 0 Å². The van der Waals surface area contributed by atoms with Crippen molar-refractivity contribution in [3.63, 3.8) is 0 Å². The Morgan fingerprint density at radius 3 is 1.65 bits per heavy atom. The number of hydrogen-bond donors (Lipinski definition) is 1. The Hall–Kier alpha value is -1.26. The molecule has 2 unspecified atom stereocenters. The molecule has 4 fully saturated rings. The van der Waals surface area contributed by atoms with Crippen LogP contribution in [-0.4, -0.2) is 71.9 Å². The molecule has 1 N–H and O–H groups in total. The van der Waals surface area contributed by atoms with Gasteiger partial charge in [0.05, 0.1) is 6.61 Å². The molecule has 2 aliphatic carbocycles. The molecule has 9 nitrogen and oxygen atoms in total. The Morgan fingerprint density at radius 2 is 1.23 bits per heavy atom. The van der Waals surface area contributed by atoms with Gasteiger partial charge in [0.1, 0.15) is 36.6 Å². The molecular formula is C34H58O9. The van der Waals surface area contributed by atoms with E-state index in [0.29, 0.717) is 23.7 Å². The first-order chi connectivity index (χ1) is 20.0. The molecule has 43 heavy (non-hydrogen) atoms. The number of carbonyl (C=O) groups excluding carboxylic acids is 2. The maximum Gasteiger partial charge on any atom is 0.323 e. The molecule has 2 saturated heterocycles. The number of hydrogen-bond acceptors (Lipinski definition) is 9. The van der Waals surface area contributed by atoms with E-state index in [1.165, 1.54) is 0 Å². The van der Waals surface area contributed by atoms with Crippen LogP contribution in [0.2, 0.25) is 0 Å². The average Bonchev–Trinajstić information content (AvgIpc) is 3.41. The Labute approximate surface area is 259 Å². The third-order valence-corrected chi connectivity index (χ3v) is 10.2. The first kappa shape index (κ1) is 34.6. The fraction of sp³-hybridized carbons (Fsp3) is 0.941. The normalized spacial score (nSPS) is 39.0. The number of rotatable bonds is 9. The van der Waals surface area contributed by atoms with Crippen LogP contribution in [0.3, 0.4) is 0 Å². The third kappa shape index (κ3) is 8.32. The van der Waals surface area contributed by atoms with E-state index in [1.807, 2.05) is 13.8 Å². The minimum atomic E-state index is -1.59. The smallest absolute Gasteiger partial charge is 0.323 e. The zero-order chi connectivity index (χ0) is 31.9. The van der Waals surface area contributed by atoms with Crippen molar-refractivity contribution in [3.05, 3.63) is 0 Å². The molecule has 2 heterocycles. The van der Waals surface area contributed by atoms with Crippen molar-refractivity contribution < 1.29 is 43.1 Å². The van der Waals surface area contributed by atoms with E-state index in [0.717, 1.165) is 38.5 Å². The lowest BCUT2D eigenvalue weighted by Crippen LogP contribution is -2.52. The van der Waals surface area contributed by atoms with Crippen molar-refractivity contribution in [2.45, 2.75) is 156 Å². The second-order valence-electron chi connectivity index (χ2n) is 15.5. The molecule has 2 saturated carbocycles. The predicted octanol–water partition coefficient (Wildman–Crippen LogP) is 5.64. The first-order valence-corrected chi connectivity index (χ1v) is 16.7. The van der Waals surface area contributed by atoms with Crippen LogP contribution < -0.4 is 0 Å². The molecule has 0 aromatic rings. The van der Waals surface area contributed by atoms with Crippen molar-refractivity contribution in [2.24, 2.45) is 41.4 Å². The van der Waals surface area contributed by atoms with Gasteiger partial charge < -0.3 is 33.5 Å². The molecule has 9 heteroatoms. The summed E-state index contributed by atoms with van der Waals surface area (Å²) in [6.07, 6.45) is 0.891. The SMILES string of the molecule is CC(C)C1CC[C@H](C)C[C@@H]1OC(=O)C(C(=O)O[C@H]1C[C@@H](C)CCC1C(C)C)[C@H](O)[C@@H]1OC(C)(C)O[C@H]1[C@H]1COC(C)(C)O1. The van der Waals surface area contributed by atoms with Crippen molar-refractivity contribution in [3.8, 4) is 0 Å². The van der Waals surface area contributed by atoms with E-state index < -0.39 is 53.8 Å². The molecule has 10 atom stereocenters. The Bertz CT molecular complexity index is 916. The van der Waals surface area contributed by atoms with E-state index in [4.69, 9.17) is 28.4 Å². The topological polar surface area (TPSA) is 110 Å². The van der Waals surface area contributed by atoms with Crippen LogP contribution in [0.1, 0.15) is 108 Å². The van der Waals surface area contributed by atoms with Crippen LogP contribution in [0.4, 0.5) is 0 Å². The summed E-state index contributed by atoms with van der Waals surface area (Å²) in [5.74, 6) is -3.22. The molecule has 0 amide bonds. The average molecular weight is 611 g/mol. The maximum absolute atomic E-state index is 14.1. The van der Waals surface area contributed by atoms with Gasteiger partial charge in [-0.05, 0) is 88.9 Å². The summed E-state index contributed by atoms with van der Waals surface area (Å²) in [6.45, 7) is 20.2. The summed E-state index contributed by atoms with van der Waals surface area (Å²) < 4.78 is 36.6. The largest absolute Gasteiger partial charge is 0.461 e. The number of ether oxygens (including phenoxy) is 6. The standard InChI is InChI=1S/C34H58O9/c1-18(2)22-13-11-20(5)15-24(22)39-31(36)27(32(37)40-25-16-21(6)12-14-23(25)19(3)4)28(35)30-29(42-34(9,10)43-30)26-17-38-33(7,8)41-26/h18-30,35H,11-17H2,1-10H3/t20-,21-,22?,23?,24-,25-,26+,27?,28-,29-,30-/m0/s1. The summed E-state index contributed by atoms with van der Waals surface area (Å²) in [7, 11) is 0. The highest BCUT2D eigenvalue weighted by molar-refractivity contribution is 5.96. The lowest BCUT2D eigenvalue weighted by atomic mass is 9.75. The fourth-order valence-electron chi connectivity index (χ4n) is 7.76. The Balaban J connectivity index is 1.63. The van der Waals surface area contributed by atoms with Gasteiger partial charge in [-0.25, -0.2) is 0 Å². The summed E-state index contributed by atoms with van der Waals surface area (Å²) in [4.78, 5) is 28.2. The molecule has 0 bridgehead atoms. The van der Waals surface area contributed by atoms with Crippen LogP contribution in [0.25, 0.3) is 0 Å². The molecule has 0 spiro atoms. The minimum Gasteiger partial charge on any atom is -0.461 e. The third-order valence-electron chi connectivity index (χ3n) is 10.2. The molecule has 0 aromatic heterocycles. The van der Waals surface area contributed by atoms with Gasteiger partial charge >= 0.3 is 11.9 Å². The van der Waals surface area contributed by atoms with E-state index >= 15 is 0 Å². The quantitative estimate of drug-likeness (QED) is 0.262. The van der Waals surface area contributed by atoms with Crippen LogP contribution in [0, 0.1) is 41.4 Å². The van der Waals surface area contributed by atoms with Gasteiger partial charge in [0.25, 0.3) is 0 Å². The summed E-state index contributed by atoms with van der Waals surface area (Å²) >= 11 is 0. The molecule has 2 aliphatic heterocycles. The van der Waals surface area contributed by atoms with Gasteiger partial charge in [-0.15, -0.1) is 0 Å². The van der Waals surface area contributed by atoms with E-state index in [-0.39, 0.29) is 30.7 Å². The van der Waals surface area contributed by atoms with E-state index in [2.05, 4.69) is 41.5 Å². The second kappa shape index (κ2) is 13.6. The number of aliphatic hydroxyl groups excluding tert-OH is 1. The number of aliphatic hydroxyl groups is 1. The van der Waals surface area contributed by atoms with Gasteiger partial charge in [-0.2, -0.15) is 0 Å². The number of carbonyl (C=O) groups is 2. The lowest BCUT2D eigenvalue weighted by Gasteiger charge is -2.39. The van der Waals surface area contributed by atoms with Crippen molar-refractivity contribution in [1.29, 1.82) is 0 Å². The van der Waals surface area contributed by atoms with Crippen LogP contribution in [-0.2, 0) is 38.0 Å². The molecule has 0 aromatic carbocycles. The van der Waals surface area contributed by atoms with Gasteiger partial charge in [0.2, 0.25) is 0 Å². The van der Waals surface area contributed by atoms with Crippen LogP contribution in [0.15, 0.2) is 0 Å². The molecule has 0 radical (unpaired) electrons. The van der Waals surface area contributed by atoms with E-state index in [1.54, 1.807) is 13.8 Å². The van der Waals surface area contributed by atoms with Crippen molar-refractivity contribution in [2.75, 3.05) is 6.61 Å².